The maximum absolute atomic E-state index is 10.3. The molecule has 0 aliphatic carbocycles. The van der Waals surface area contributed by atoms with E-state index in [1.54, 1.807) is 6.20 Å². The van der Waals surface area contributed by atoms with Gasteiger partial charge in [-0.05, 0) is 26.2 Å². The Hall–Kier alpha value is -1.66. The Morgan fingerprint density at radius 3 is 3.05 bits per heavy atom. The van der Waals surface area contributed by atoms with Crippen molar-refractivity contribution in [1.29, 1.82) is 0 Å². The van der Waals surface area contributed by atoms with Crippen LogP contribution in [0.3, 0.4) is 0 Å². The van der Waals surface area contributed by atoms with Crippen molar-refractivity contribution in [3.8, 4) is 5.19 Å². The minimum atomic E-state index is 0.0356. The largest absolute Gasteiger partial charge is 0.380 e. The van der Waals surface area contributed by atoms with Gasteiger partial charge >= 0.3 is 0 Å². The molecule has 0 spiro atoms. The van der Waals surface area contributed by atoms with Gasteiger partial charge in [-0.3, -0.25) is 4.79 Å². The van der Waals surface area contributed by atoms with Gasteiger partial charge in [0, 0.05) is 17.1 Å². The number of carbonyl (C=O) groups is 1. The summed E-state index contributed by atoms with van der Waals surface area (Å²) in [5.74, 6) is 5.07. The van der Waals surface area contributed by atoms with Crippen molar-refractivity contribution >= 4 is 17.7 Å². The van der Waals surface area contributed by atoms with Crippen LogP contribution in [0.1, 0.15) is 31.6 Å². The van der Waals surface area contributed by atoms with Crippen LogP contribution in [0.4, 0.5) is 0 Å². The van der Waals surface area contributed by atoms with E-state index < -0.39 is 0 Å². The third-order valence-electron chi connectivity index (χ3n) is 2.69. The summed E-state index contributed by atoms with van der Waals surface area (Å²) in [6.45, 7) is 4.04. The fraction of sp³-hybridized carbons (Fsp3) is 0.429. The van der Waals surface area contributed by atoms with Crippen molar-refractivity contribution in [2.24, 2.45) is 5.90 Å². The molecule has 1 heterocycles. The molecular formula is C14H21N3O2S. The van der Waals surface area contributed by atoms with Gasteiger partial charge in [-0.15, -0.1) is 0 Å². The fourth-order valence-corrected chi connectivity index (χ4v) is 2.36. The lowest BCUT2D eigenvalue weighted by atomic mass is 10.1. The van der Waals surface area contributed by atoms with Crippen molar-refractivity contribution < 1.29 is 9.63 Å². The smallest absolute Gasteiger partial charge is 0.294 e. The van der Waals surface area contributed by atoms with Gasteiger partial charge in [-0.1, -0.05) is 42.1 Å². The Balaban J connectivity index is 2.54. The molecule has 110 valence electrons. The molecule has 1 atom stereocenters. The standard InChI is InChI=1S/C14H21N3O2S/c1-3-4-12(6-5-11(2)17-10-18)7-8-13-9-16-14(19-15)20-13/h4-6,9-11H,3,7-8,15H2,1-2H3,(H,17,18)/b6-5-,12-4+. The molecule has 3 N–H and O–H groups in total. The van der Waals surface area contributed by atoms with Crippen molar-refractivity contribution in [1.82, 2.24) is 10.3 Å². The second kappa shape index (κ2) is 9.28. The van der Waals surface area contributed by atoms with Gasteiger partial charge < -0.3 is 10.2 Å². The zero-order valence-corrected chi connectivity index (χ0v) is 12.7. The molecule has 0 aliphatic rings. The second-order valence-electron chi connectivity index (χ2n) is 4.33. The highest BCUT2D eigenvalue weighted by atomic mass is 32.1. The molecule has 20 heavy (non-hydrogen) atoms. The minimum absolute atomic E-state index is 0.0356. The summed E-state index contributed by atoms with van der Waals surface area (Å²) < 4.78 is 0. The van der Waals surface area contributed by atoms with Gasteiger partial charge in [0.25, 0.3) is 5.19 Å². The monoisotopic (exact) mass is 295 g/mol. The number of hydrogen-bond donors (Lipinski definition) is 2. The van der Waals surface area contributed by atoms with Crippen molar-refractivity contribution in [3.63, 3.8) is 0 Å². The molecule has 1 unspecified atom stereocenters. The Bertz CT molecular complexity index is 469. The van der Waals surface area contributed by atoms with E-state index in [2.05, 4.69) is 34.2 Å². The normalized spacial score (nSPS) is 13.4. The van der Waals surface area contributed by atoms with Gasteiger partial charge in [0.2, 0.25) is 6.41 Å². The number of hydrogen-bond acceptors (Lipinski definition) is 5. The molecule has 0 saturated carbocycles. The first-order valence-electron chi connectivity index (χ1n) is 6.58. The summed E-state index contributed by atoms with van der Waals surface area (Å²) in [4.78, 5) is 20.1. The maximum Gasteiger partial charge on any atom is 0.294 e. The topological polar surface area (TPSA) is 77.2 Å². The van der Waals surface area contributed by atoms with Gasteiger partial charge in [0.15, 0.2) is 0 Å². The number of nitrogens with two attached hydrogens (primary N) is 1. The maximum atomic E-state index is 10.3. The Morgan fingerprint density at radius 2 is 2.45 bits per heavy atom. The molecule has 0 bridgehead atoms. The molecule has 1 aromatic rings. The summed E-state index contributed by atoms with van der Waals surface area (Å²) >= 11 is 1.46. The first-order valence-corrected chi connectivity index (χ1v) is 7.39. The van der Waals surface area contributed by atoms with Gasteiger partial charge in [-0.2, -0.15) is 5.90 Å². The van der Waals surface area contributed by atoms with E-state index in [1.807, 2.05) is 13.0 Å². The molecule has 0 aromatic carbocycles. The zero-order chi connectivity index (χ0) is 14.8. The average molecular weight is 295 g/mol. The quantitative estimate of drug-likeness (QED) is 0.416. The Kier molecular flexibility index (Phi) is 7.60. The SMILES string of the molecule is CC/C=C(\C=C/C(C)NC=O)CCc1cnc(ON)s1. The van der Waals surface area contributed by atoms with Crippen LogP contribution in [0, 0.1) is 0 Å². The Morgan fingerprint density at radius 1 is 1.65 bits per heavy atom. The van der Waals surface area contributed by atoms with Crippen LogP contribution in [0.5, 0.6) is 5.19 Å². The van der Waals surface area contributed by atoms with Crippen LogP contribution in [0.25, 0.3) is 0 Å². The predicted octanol–water partition coefficient (Wildman–Crippen LogP) is 2.36. The summed E-state index contributed by atoms with van der Waals surface area (Å²) in [7, 11) is 0. The number of aryl methyl sites for hydroxylation is 1. The number of aromatic nitrogens is 1. The first kappa shape index (κ1) is 16.4. The van der Waals surface area contributed by atoms with Gasteiger partial charge in [-0.25, -0.2) is 4.98 Å². The molecule has 1 aromatic heterocycles. The lowest BCUT2D eigenvalue weighted by Gasteiger charge is -2.05. The molecule has 5 nitrogen and oxygen atoms in total. The number of nitrogens with zero attached hydrogens (tertiary/aromatic N) is 1. The summed E-state index contributed by atoms with van der Waals surface area (Å²) in [5, 5.41) is 3.18. The van der Waals surface area contributed by atoms with Crippen LogP contribution in [0.15, 0.2) is 30.0 Å². The van der Waals surface area contributed by atoms with E-state index in [0.29, 0.717) is 11.6 Å². The molecule has 0 fully saturated rings. The third kappa shape index (κ3) is 5.99. The Labute approximate surface area is 123 Å². The highest BCUT2D eigenvalue weighted by molar-refractivity contribution is 7.13. The number of nitrogens with one attached hydrogen (secondary N) is 1. The number of amides is 1. The van der Waals surface area contributed by atoms with Crippen LogP contribution in [-0.2, 0) is 11.2 Å². The summed E-state index contributed by atoms with van der Waals surface area (Å²) in [6.07, 6.45) is 11.5. The zero-order valence-electron chi connectivity index (χ0n) is 11.8. The minimum Gasteiger partial charge on any atom is -0.380 e. The van der Waals surface area contributed by atoms with E-state index in [4.69, 9.17) is 5.90 Å². The van der Waals surface area contributed by atoms with E-state index in [1.165, 1.54) is 16.9 Å². The van der Waals surface area contributed by atoms with Crippen LogP contribution in [0.2, 0.25) is 0 Å². The van der Waals surface area contributed by atoms with Crippen molar-refractivity contribution in [3.05, 3.63) is 34.9 Å². The van der Waals surface area contributed by atoms with Crippen LogP contribution in [-0.4, -0.2) is 17.4 Å². The number of allylic oxidation sites excluding steroid dienone is 3. The molecule has 0 aliphatic heterocycles. The van der Waals surface area contributed by atoms with E-state index in [9.17, 15) is 4.79 Å². The fourth-order valence-electron chi connectivity index (χ4n) is 1.67. The highest BCUT2D eigenvalue weighted by Gasteiger charge is 2.03. The van der Waals surface area contributed by atoms with E-state index in [0.717, 1.165) is 24.1 Å². The van der Waals surface area contributed by atoms with Crippen molar-refractivity contribution in [2.45, 2.75) is 39.2 Å². The van der Waals surface area contributed by atoms with Crippen LogP contribution >= 0.6 is 11.3 Å². The number of thiazole rings is 1. The number of carbonyl (C=O) groups excluding carboxylic acids is 1. The second-order valence-corrected chi connectivity index (χ2v) is 5.41. The highest BCUT2D eigenvalue weighted by Crippen LogP contribution is 2.22. The van der Waals surface area contributed by atoms with Gasteiger partial charge in [0.1, 0.15) is 0 Å². The molecule has 0 radical (unpaired) electrons. The van der Waals surface area contributed by atoms with Crippen LogP contribution < -0.4 is 16.1 Å². The molecule has 1 amide bonds. The molecule has 6 heteroatoms. The van der Waals surface area contributed by atoms with E-state index in [-0.39, 0.29) is 6.04 Å². The third-order valence-corrected chi connectivity index (χ3v) is 3.64. The summed E-state index contributed by atoms with van der Waals surface area (Å²) in [6, 6.07) is 0.0356. The predicted molar refractivity (Wildman–Crippen MR) is 81.4 cm³/mol. The molecule has 0 saturated heterocycles. The number of rotatable bonds is 9. The molecular weight excluding hydrogens is 274 g/mol. The average Bonchev–Trinajstić information content (AvgIpc) is 2.90. The lowest BCUT2D eigenvalue weighted by molar-refractivity contribution is -0.109. The molecule has 1 rings (SSSR count). The lowest BCUT2D eigenvalue weighted by Crippen LogP contribution is -2.21. The van der Waals surface area contributed by atoms with Crippen molar-refractivity contribution in [2.75, 3.05) is 0 Å². The summed E-state index contributed by atoms with van der Waals surface area (Å²) in [5.41, 5.74) is 1.25. The van der Waals surface area contributed by atoms with E-state index >= 15 is 0 Å². The first-order chi connectivity index (χ1) is 9.69. The van der Waals surface area contributed by atoms with Gasteiger partial charge in [0.05, 0.1) is 0 Å².